The number of rotatable bonds is 1. The minimum absolute atomic E-state index is 0.0195. The maximum absolute atomic E-state index is 11.5. The van der Waals surface area contributed by atoms with Gasteiger partial charge in [0.2, 0.25) is 0 Å². The molecular formula is C9H11IO3. The second kappa shape index (κ2) is 2.59. The molecule has 2 aliphatic carbocycles. The molecule has 0 radical (unpaired) electrons. The Morgan fingerprint density at radius 2 is 2.31 bits per heavy atom. The van der Waals surface area contributed by atoms with Crippen molar-refractivity contribution in [3.05, 3.63) is 0 Å². The third kappa shape index (κ3) is 0.862. The van der Waals surface area contributed by atoms with Crippen LogP contribution < -0.4 is 0 Å². The van der Waals surface area contributed by atoms with Gasteiger partial charge < -0.3 is 9.84 Å². The van der Waals surface area contributed by atoms with Crippen LogP contribution in [0.4, 0.5) is 0 Å². The van der Waals surface area contributed by atoms with Crippen molar-refractivity contribution in [1.29, 1.82) is 0 Å². The molecule has 6 atom stereocenters. The maximum atomic E-state index is 11.5. The van der Waals surface area contributed by atoms with E-state index in [1.165, 1.54) is 0 Å². The minimum atomic E-state index is -0.0595. The molecule has 4 heteroatoms. The van der Waals surface area contributed by atoms with Crippen molar-refractivity contribution in [2.24, 2.45) is 23.7 Å². The van der Waals surface area contributed by atoms with Gasteiger partial charge in [0.25, 0.3) is 0 Å². The van der Waals surface area contributed by atoms with Crippen LogP contribution in [-0.4, -0.2) is 27.7 Å². The first-order valence-corrected chi connectivity index (χ1v) is 5.94. The normalized spacial score (nSPS) is 57.2. The van der Waals surface area contributed by atoms with Gasteiger partial charge in [0.05, 0.1) is 9.84 Å². The summed E-state index contributed by atoms with van der Waals surface area (Å²) in [5, 5.41) is 9.23. The summed E-state index contributed by atoms with van der Waals surface area (Å²) in [6.45, 7) is 0.146. The highest BCUT2D eigenvalue weighted by Gasteiger charge is 2.65. The highest BCUT2D eigenvalue weighted by molar-refractivity contribution is 14.1. The van der Waals surface area contributed by atoms with Gasteiger partial charge in [-0.2, -0.15) is 0 Å². The zero-order valence-electron chi connectivity index (χ0n) is 7.02. The number of esters is 1. The van der Waals surface area contributed by atoms with Gasteiger partial charge in [0.1, 0.15) is 6.10 Å². The number of ether oxygens (including phenoxy) is 1. The van der Waals surface area contributed by atoms with Crippen molar-refractivity contribution in [1.82, 2.24) is 0 Å². The number of hydrogen-bond acceptors (Lipinski definition) is 3. The van der Waals surface area contributed by atoms with Crippen LogP contribution >= 0.6 is 22.6 Å². The molecule has 1 aliphatic heterocycles. The monoisotopic (exact) mass is 294 g/mol. The molecule has 1 saturated heterocycles. The van der Waals surface area contributed by atoms with Gasteiger partial charge in [-0.25, -0.2) is 0 Å². The van der Waals surface area contributed by atoms with Crippen LogP contribution in [0.2, 0.25) is 0 Å². The molecule has 3 fully saturated rings. The van der Waals surface area contributed by atoms with E-state index in [0.29, 0.717) is 15.8 Å². The molecule has 0 spiro atoms. The average Bonchev–Trinajstić information content (AvgIpc) is 2.68. The summed E-state index contributed by atoms with van der Waals surface area (Å²) < 4.78 is 5.76. The van der Waals surface area contributed by atoms with E-state index in [-0.39, 0.29) is 30.5 Å². The second-order valence-corrected chi connectivity index (χ2v) is 5.72. The van der Waals surface area contributed by atoms with Crippen LogP contribution in [-0.2, 0) is 9.53 Å². The van der Waals surface area contributed by atoms with Crippen molar-refractivity contribution in [3.63, 3.8) is 0 Å². The zero-order valence-corrected chi connectivity index (χ0v) is 9.18. The molecule has 0 amide bonds. The van der Waals surface area contributed by atoms with Crippen LogP contribution in [0.25, 0.3) is 0 Å². The Bertz CT molecular complexity index is 268. The highest BCUT2D eigenvalue weighted by atomic mass is 127. The number of carbonyl (C=O) groups is 1. The first kappa shape index (κ1) is 8.47. The molecule has 13 heavy (non-hydrogen) atoms. The van der Waals surface area contributed by atoms with E-state index in [2.05, 4.69) is 22.6 Å². The molecule has 3 nitrogen and oxygen atoms in total. The number of aliphatic hydroxyl groups is 1. The summed E-state index contributed by atoms with van der Waals surface area (Å²) in [4.78, 5) is 11.5. The summed E-state index contributed by atoms with van der Waals surface area (Å²) in [6.07, 6.45) is 1.24. The molecule has 0 unspecified atom stereocenters. The summed E-state index contributed by atoms with van der Waals surface area (Å²) in [6, 6.07) is 0. The molecule has 1 N–H and O–H groups in total. The lowest BCUT2D eigenvalue weighted by Gasteiger charge is -2.26. The first-order chi connectivity index (χ1) is 6.24. The van der Waals surface area contributed by atoms with E-state index in [1.807, 2.05) is 0 Å². The Kier molecular flexibility index (Phi) is 1.69. The fourth-order valence-electron chi connectivity index (χ4n) is 3.37. The Morgan fingerprint density at radius 3 is 3.00 bits per heavy atom. The molecule has 1 heterocycles. The lowest BCUT2D eigenvalue weighted by Crippen LogP contribution is -2.35. The Hall–Kier alpha value is 0.160. The third-order valence-corrected chi connectivity index (χ3v) is 5.53. The number of halogens is 1. The summed E-state index contributed by atoms with van der Waals surface area (Å²) in [7, 11) is 0. The van der Waals surface area contributed by atoms with E-state index in [1.54, 1.807) is 0 Å². The number of alkyl halides is 1. The van der Waals surface area contributed by atoms with Gasteiger partial charge in [-0.05, 0) is 18.3 Å². The second-order valence-electron chi connectivity index (χ2n) is 4.28. The molecule has 2 saturated carbocycles. The number of aliphatic hydroxyl groups excluding tert-OH is 1. The number of hydrogen-bond donors (Lipinski definition) is 1. The van der Waals surface area contributed by atoms with Crippen LogP contribution in [0.5, 0.6) is 0 Å². The van der Waals surface area contributed by atoms with Crippen LogP contribution in [0, 0.1) is 23.7 Å². The minimum Gasteiger partial charge on any atom is -0.461 e. The molecule has 2 bridgehead atoms. The van der Waals surface area contributed by atoms with Crippen LogP contribution in [0.1, 0.15) is 6.42 Å². The lowest BCUT2D eigenvalue weighted by molar-refractivity contribution is -0.144. The van der Waals surface area contributed by atoms with E-state index in [4.69, 9.17) is 4.74 Å². The van der Waals surface area contributed by atoms with Gasteiger partial charge in [-0.15, -0.1) is 0 Å². The van der Waals surface area contributed by atoms with E-state index < -0.39 is 0 Å². The van der Waals surface area contributed by atoms with Crippen LogP contribution in [0.3, 0.4) is 0 Å². The Labute approximate surface area is 90.0 Å². The predicted octanol–water partition coefficient (Wildman–Crippen LogP) is 0.590. The van der Waals surface area contributed by atoms with Crippen molar-refractivity contribution in [3.8, 4) is 0 Å². The molecule has 3 aliphatic rings. The molecule has 0 aromatic carbocycles. The van der Waals surface area contributed by atoms with E-state index >= 15 is 0 Å². The maximum Gasteiger partial charge on any atom is 0.310 e. The van der Waals surface area contributed by atoms with Gasteiger partial charge in [-0.1, -0.05) is 22.6 Å². The Balaban J connectivity index is 2.01. The van der Waals surface area contributed by atoms with Gasteiger partial charge >= 0.3 is 5.97 Å². The fraction of sp³-hybridized carbons (Fsp3) is 0.889. The molecule has 0 aromatic rings. The predicted molar refractivity (Wildman–Crippen MR) is 53.4 cm³/mol. The summed E-state index contributed by atoms with van der Waals surface area (Å²) in [5.41, 5.74) is 0. The standard InChI is InChI=1S/C9H11IO3/c10-7-3-1-4-6(5(3)2-11)9(12)13-8(4)7/h3-8,11H,1-2H2/t3-,4-,5-,6-,7+,8-/m0/s1. The van der Waals surface area contributed by atoms with Gasteiger partial charge in [-0.3, -0.25) is 4.79 Å². The van der Waals surface area contributed by atoms with Crippen molar-refractivity contribution in [2.45, 2.75) is 16.4 Å². The first-order valence-electron chi connectivity index (χ1n) is 4.69. The number of carbonyl (C=O) groups excluding carboxylic acids is 1. The summed E-state index contributed by atoms with van der Waals surface area (Å²) >= 11 is 2.37. The Morgan fingerprint density at radius 1 is 1.54 bits per heavy atom. The molecule has 3 rings (SSSR count). The molecular weight excluding hydrogens is 283 g/mol. The fourth-order valence-corrected chi connectivity index (χ4v) is 4.87. The highest BCUT2D eigenvalue weighted by Crippen LogP contribution is 2.59. The summed E-state index contributed by atoms with van der Waals surface area (Å²) in [5.74, 6) is 1.06. The molecule has 72 valence electrons. The number of fused-ring (bicyclic) bond motifs is 1. The van der Waals surface area contributed by atoms with Gasteiger partial charge in [0.15, 0.2) is 0 Å². The third-order valence-electron chi connectivity index (χ3n) is 3.90. The lowest BCUT2D eigenvalue weighted by atomic mass is 9.80. The SMILES string of the molecule is O=C1O[C@@H]2[C@H](I)[C@H]3C[C@H]2[C@H]1[C@H]3CO. The largest absolute Gasteiger partial charge is 0.461 e. The van der Waals surface area contributed by atoms with Crippen molar-refractivity contribution < 1.29 is 14.6 Å². The zero-order chi connectivity index (χ0) is 9.16. The van der Waals surface area contributed by atoms with Crippen LogP contribution in [0.15, 0.2) is 0 Å². The topological polar surface area (TPSA) is 46.5 Å². The average molecular weight is 294 g/mol. The quantitative estimate of drug-likeness (QED) is 0.437. The van der Waals surface area contributed by atoms with Crippen molar-refractivity contribution >= 4 is 28.6 Å². The van der Waals surface area contributed by atoms with E-state index in [9.17, 15) is 9.90 Å². The van der Waals surface area contributed by atoms with Gasteiger partial charge in [0, 0.05) is 12.5 Å². The van der Waals surface area contributed by atoms with Crippen molar-refractivity contribution in [2.75, 3.05) is 6.61 Å². The molecule has 0 aromatic heterocycles. The smallest absolute Gasteiger partial charge is 0.310 e. The van der Waals surface area contributed by atoms with E-state index in [0.717, 1.165) is 6.42 Å².